The first kappa shape index (κ1) is 9.58. The Morgan fingerprint density at radius 3 is 3.17 bits per heavy atom. The Kier molecular flexibility index (Phi) is 4.14. The summed E-state index contributed by atoms with van der Waals surface area (Å²) in [6.07, 6.45) is 2.16. The van der Waals surface area contributed by atoms with E-state index in [1.807, 2.05) is 6.92 Å². The topological polar surface area (TPSA) is 38.7 Å². The predicted molar refractivity (Wildman–Crippen MR) is 50.6 cm³/mol. The lowest BCUT2D eigenvalue weighted by molar-refractivity contribution is -0.139. The van der Waals surface area contributed by atoms with Crippen molar-refractivity contribution in [3.8, 4) is 0 Å². The zero-order valence-electron chi connectivity index (χ0n) is 7.21. The van der Waals surface area contributed by atoms with Gasteiger partial charge in [-0.2, -0.15) is 0 Å². The van der Waals surface area contributed by atoms with Crippen molar-refractivity contribution >= 4 is 22.8 Å². The van der Waals surface area contributed by atoms with E-state index in [2.05, 4.69) is 4.99 Å². The first-order chi connectivity index (χ1) is 5.83. The molecule has 0 fully saturated rings. The predicted octanol–water partition coefficient (Wildman–Crippen LogP) is 1.48. The van der Waals surface area contributed by atoms with Crippen LogP contribution in [0, 0.1) is 0 Å². The maximum absolute atomic E-state index is 10.9. The van der Waals surface area contributed by atoms with E-state index in [0.29, 0.717) is 12.4 Å². The smallest absolute Gasteiger partial charge is 0.316 e. The normalized spacial score (nSPS) is 15.9. The average Bonchev–Trinajstić information content (AvgIpc) is 2.53. The van der Waals surface area contributed by atoms with Crippen LogP contribution < -0.4 is 0 Å². The SMILES string of the molecule is CCOC(=O)CSC1=NCCC1. The average molecular weight is 187 g/mol. The molecule has 0 atom stereocenters. The molecule has 12 heavy (non-hydrogen) atoms. The van der Waals surface area contributed by atoms with Crippen molar-refractivity contribution in [1.82, 2.24) is 0 Å². The second-order valence-corrected chi connectivity index (χ2v) is 3.52. The second kappa shape index (κ2) is 5.19. The number of carbonyl (C=O) groups excluding carboxylic acids is 1. The van der Waals surface area contributed by atoms with Gasteiger partial charge in [-0.1, -0.05) is 11.8 Å². The van der Waals surface area contributed by atoms with Crippen molar-refractivity contribution in [3.63, 3.8) is 0 Å². The zero-order valence-corrected chi connectivity index (χ0v) is 8.02. The molecule has 1 aliphatic heterocycles. The van der Waals surface area contributed by atoms with Crippen molar-refractivity contribution in [2.75, 3.05) is 18.9 Å². The second-order valence-electron chi connectivity index (χ2n) is 2.47. The number of nitrogens with zero attached hydrogens (tertiary/aromatic N) is 1. The van der Waals surface area contributed by atoms with Crippen molar-refractivity contribution in [3.05, 3.63) is 0 Å². The Morgan fingerprint density at radius 2 is 2.58 bits per heavy atom. The third-order valence-corrected chi connectivity index (χ3v) is 2.55. The Morgan fingerprint density at radius 1 is 1.75 bits per heavy atom. The van der Waals surface area contributed by atoms with E-state index < -0.39 is 0 Å². The number of hydrogen-bond acceptors (Lipinski definition) is 4. The molecule has 0 aromatic heterocycles. The highest BCUT2D eigenvalue weighted by atomic mass is 32.2. The molecule has 0 bridgehead atoms. The van der Waals surface area contributed by atoms with Gasteiger partial charge in [0.25, 0.3) is 0 Å². The van der Waals surface area contributed by atoms with Crippen molar-refractivity contribution in [2.24, 2.45) is 4.99 Å². The van der Waals surface area contributed by atoms with Crippen LogP contribution in [0.5, 0.6) is 0 Å². The highest BCUT2D eigenvalue weighted by Crippen LogP contribution is 2.15. The summed E-state index contributed by atoms with van der Waals surface area (Å²) < 4.78 is 4.79. The molecular formula is C8H13NO2S. The van der Waals surface area contributed by atoms with Crippen LogP contribution in [-0.2, 0) is 9.53 Å². The molecule has 1 aliphatic rings. The molecule has 0 saturated carbocycles. The molecule has 0 radical (unpaired) electrons. The van der Waals surface area contributed by atoms with Gasteiger partial charge in [0, 0.05) is 6.54 Å². The minimum atomic E-state index is -0.142. The third kappa shape index (κ3) is 3.26. The van der Waals surface area contributed by atoms with Crippen LogP contribution in [0.25, 0.3) is 0 Å². The number of hydrogen-bond donors (Lipinski definition) is 0. The number of esters is 1. The van der Waals surface area contributed by atoms with Crippen LogP contribution >= 0.6 is 11.8 Å². The monoisotopic (exact) mass is 187 g/mol. The summed E-state index contributed by atoms with van der Waals surface area (Å²) in [7, 11) is 0. The highest BCUT2D eigenvalue weighted by molar-refractivity contribution is 8.14. The van der Waals surface area contributed by atoms with E-state index in [-0.39, 0.29) is 5.97 Å². The first-order valence-electron chi connectivity index (χ1n) is 4.14. The Balaban J connectivity index is 2.12. The first-order valence-corrected chi connectivity index (χ1v) is 5.13. The molecule has 0 spiro atoms. The lowest BCUT2D eigenvalue weighted by Crippen LogP contribution is -2.08. The van der Waals surface area contributed by atoms with E-state index in [1.165, 1.54) is 11.8 Å². The number of rotatable bonds is 3. The molecule has 3 nitrogen and oxygen atoms in total. The summed E-state index contributed by atoms with van der Waals surface area (Å²) in [4.78, 5) is 15.1. The van der Waals surface area contributed by atoms with E-state index in [9.17, 15) is 4.79 Å². The minimum Gasteiger partial charge on any atom is -0.465 e. The zero-order chi connectivity index (χ0) is 8.81. The molecule has 0 amide bonds. The summed E-state index contributed by atoms with van der Waals surface area (Å²) in [5.41, 5.74) is 0. The largest absolute Gasteiger partial charge is 0.465 e. The summed E-state index contributed by atoms with van der Waals surface area (Å²) in [6.45, 7) is 3.20. The van der Waals surface area contributed by atoms with Crippen LogP contribution in [0.1, 0.15) is 19.8 Å². The maximum Gasteiger partial charge on any atom is 0.316 e. The fourth-order valence-electron chi connectivity index (χ4n) is 0.976. The van der Waals surface area contributed by atoms with Crippen LogP contribution in [0.3, 0.4) is 0 Å². The van der Waals surface area contributed by atoms with E-state index in [4.69, 9.17) is 4.74 Å². The molecule has 0 saturated heterocycles. The maximum atomic E-state index is 10.9. The Labute approximate surface area is 76.6 Å². The number of ether oxygens (including phenoxy) is 1. The van der Waals surface area contributed by atoms with Gasteiger partial charge >= 0.3 is 5.97 Å². The van der Waals surface area contributed by atoms with Crippen LogP contribution in [0.15, 0.2) is 4.99 Å². The van der Waals surface area contributed by atoms with Gasteiger partial charge in [-0.25, -0.2) is 0 Å². The number of aliphatic imine (C=N–C) groups is 1. The van der Waals surface area contributed by atoms with Crippen molar-refractivity contribution < 1.29 is 9.53 Å². The summed E-state index contributed by atoms with van der Waals surface area (Å²) in [5.74, 6) is 0.268. The number of thioether (sulfide) groups is 1. The summed E-state index contributed by atoms with van der Waals surface area (Å²) in [6, 6.07) is 0. The fourth-order valence-corrected chi connectivity index (χ4v) is 1.81. The molecule has 0 unspecified atom stereocenters. The standard InChI is InChI=1S/C8H13NO2S/c1-2-11-8(10)6-12-7-4-3-5-9-7/h2-6H2,1H3. The van der Waals surface area contributed by atoms with E-state index in [0.717, 1.165) is 24.4 Å². The van der Waals surface area contributed by atoms with Gasteiger partial charge in [0.1, 0.15) is 0 Å². The van der Waals surface area contributed by atoms with Gasteiger partial charge in [-0.15, -0.1) is 0 Å². The van der Waals surface area contributed by atoms with Gasteiger partial charge in [-0.05, 0) is 19.8 Å². The third-order valence-electron chi connectivity index (χ3n) is 1.50. The Bertz CT molecular complexity index is 191. The molecule has 68 valence electrons. The Hall–Kier alpha value is -0.510. The van der Waals surface area contributed by atoms with Crippen LogP contribution in [-0.4, -0.2) is 29.9 Å². The molecule has 1 rings (SSSR count). The van der Waals surface area contributed by atoms with E-state index >= 15 is 0 Å². The molecule has 0 aliphatic carbocycles. The van der Waals surface area contributed by atoms with Gasteiger partial charge < -0.3 is 4.74 Å². The highest BCUT2D eigenvalue weighted by Gasteiger charge is 2.09. The van der Waals surface area contributed by atoms with Crippen LogP contribution in [0.4, 0.5) is 0 Å². The summed E-state index contributed by atoms with van der Waals surface area (Å²) in [5, 5.41) is 1.10. The van der Waals surface area contributed by atoms with Crippen molar-refractivity contribution in [1.29, 1.82) is 0 Å². The molecule has 0 N–H and O–H groups in total. The quantitative estimate of drug-likeness (QED) is 0.628. The molecule has 0 aromatic carbocycles. The summed E-state index contributed by atoms with van der Waals surface area (Å²) >= 11 is 1.51. The van der Waals surface area contributed by atoms with Crippen molar-refractivity contribution in [2.45, 2.75) is 19.8 Å². The van der Waals surface area contributed by atoms with E-state index in [1.54, 1.807) is 0 Å². The van der Waals surface area contributed by atoms with Gasteiger partial charge in [0.2, 0.25) is 0 Å². The molecular weight excluding hydrogens is 174 g/mol. The fraction of sp³-hybridized carbons (Fsp3) is 0.750. The minimum absolute atomic E-state index is 0.142. The van der Waals surface area contributed by atoms with Gasteiger partial charge in [0.15, 0.2) is 0 Å². The van der Waals surface area contributed by atoms with Crippen LogP contribution in [0.2, 0.25) is 0 Å². The molecule has 1 heterocycles. The lowest BCUT2D eigenvalue weighted by Gasteiger charge is -2.00. The lowest BCUT2D eigenvalue weighted by atomic mass is 10.4. The van der Waals surface area contributed by atoms with Gasteiger partial charge in [0.05, 0.1) is 17.4 Å². The molecule has 4 heteroatoms. The van der Waals surface area contributed by atoms with Gasteiger partial charge in [-0.3, -0.25) is 9.79 Å². The number of carbonyl (C=O) groups is 1. The molecule has 0 aromatic rings.